The fraction of sp³-hybridized carbons (Fsp3) is 0.350. The Morgan fingerprint density at radius 2 is 1.77 bits per heavy atom. The predicted octanol–water partition coefficient (Wildman–Crippen LogP) is 2.76. The van der Waals surface area contributed by atoms with Gasteiger partial charge in [-0.1, -0.05) is 30.3 Å². The van der Waals surface area contributed by atoms with Gasteiger partial charge in [0.25, 0.3) is 0 Å². The molecule has 2 aromatic rings. The molecule has 0 heterocycles. The van der Waals surface area contributed by atoms with Crippen LogP contribution in [-0.2, 0) is 11.3 Å². The molecule has 0 bridgehead atoms. The molecule has 26 heavy (non-hydrogen) atoms. The lowest BCUT2D eigenvalue weighted by Gasteiger charge is -2.19. The minimum absolute atomic E-state index is 0.0507. The van der Waals surface area contributed by atoms with Crippen LogP contribution in [0.25, 0.3) is 0 Å². The fourth-order valence-corrected chi connectivity index (χ4v) is 2.59. The molecular formula is C20H27N3O3. The number of benzene rings is 2. The van der Waals surface area contributed by atoms with Crippen molar-refractivity contribution in [1.29, 1.82) is 0 Å². The zero-order valence-corrected chi connectivity index (χ0v) is 15.8. The first-order chi connectivity index (χ1) is 12.7. The topological polar surface area (TPSA) is 64.1 Å². The van der Waals surface area contributed by atoms with E-state index >= 15 is 0 Å². The maximum atomic E-state index is 5.58. The molecule has 6 nitrogen and oxygen atoms in total. The average Bonchev–Trinajstić information content (AvgIpc) is 2.71. The highest BCUT2D eigenvalue weighted by Gasteiger charge is 2.11. The smallest absolute Gasteiger partial charge is 0.191 e. The lowest BCUT2D eigenvalue weighted by molar-refractivity contribution is 0.106. The summed E-state index contributed by atoms with van der Waals surface area (Å²) in [4.78, 5) is 4.27. The summed E-state index contributed by atoms with van der Waals surface area (Å²) in [6, 6.07) is 15.8. The normalized spacial score (nSPS) is 12.4. The molecule has 2 rings (SSSR count). The van der Waals surface area contributed by atoms with Crippen LogP contribution < -0.4 is 20.1 Å². The number of rotatable bonds is 8. The van der Waals surface area contributed by atoms with Gasteiger partial charge in [0.15, 0.2) is 5.96 Å². The molecule has 0 aliphatic carbocycles. The summed E-state index contributed by atoms with van der Waals surface area (Å²) in [6.45, 7) is 1.19. The third kappa shape index (κ3) is 5.39. The quantitative estimate of drug-likeness (QED) is 0.562. The van der Waals surface area contributed by atoms with E-state index in [0.717, 1.165) is 22.6 Å². The van der Waals surface area contributed by atoms with E-state index in [1.807, 2.05) is 48.5 Å². The van der Waals surface area contributed by atoms with Gasteiger partial charge < -0.3 is 24.8 Å². The van der Waals surface area contributed by atoms with Crippen LogP contribution in [0.5, 0.6) is 11.5 Å². The summed E-state index contributed by atoms with van der Waals surface area (Å²) in [5, 5.41) is 6.59. The summed E-state index contributed by atoms with van der Waals surface area (Å²) >= 11 is 0. The van der Waals surface area contributed by atoms with Gasteiger partial charge in [-0.25, -0.2) is 0 Å². The van der Waals surface area contributed by atoms with Crippen LogP contribution in [0.2, 0.25) is 0 Å². The van der Waals surface area contributed by atoms with Gasteiger partial charge in [-0.05, 0) is 17.7 Å². The van der Waals surface area contributed by atoms with Gasteiger partial charge in [0.2, 0.25) is 0 Å². The molecule has 1 atom stereocenters. The van der Waals surface area contributed by atoms with Gasteiger partial charge in [-0.3, -0.25) is 4.99 Å². The molecule has 0 aromatic heterocycles. The summed E-state index contributed by atoms with van der Waals surface area (Å²) in [5.41, 5.74) is 2.14. The Morgan fingerprint density at radius 1 is 1.00 bits per heavy atom. The van der Waals surface area contributed by atoms with Crippen LogP contribution >= 0.6 is 0 Å². The molecule has 0 amide bonds. The second-order valence-corrected chi connectivity index (χ2v) is 5.62. The van der Waals surface area contributed by atoms with Crippen molar-refractivity contribution in [1.82, 2.24) is 10.6 Å². The Bertz CT molecular complexity index is 705. The van der Waals surface area contributed by atoms with Crippen LogP contribution in [0, 0.1) is 0 Å². The second-order valence-electron chi connectivity index (χ2n) is 5.62. The van der Waals surface area contributed by atoms with Crippen molar-refractivity contribution in [2.45, 2.75) is 12.6 Å². The largest absolute Gasteiger partial charge is 0.497 e. The van der Waals surface area contributed by atoms with Gasteiger partial charge in [0, 0.05) is 38.9 Å². The number of hydrogen-bond donors (Lipinski definition) is 2. The summed E-state index contributed by atoms with van der Waals surface area (Å²) < 4.78 is 16.2. The first kappa shape index (κ1) is 19.6. The molecule has 6 heteroatoms. The molecule has 2 aromatic carbocycles. The highest BCUT2D eigenvalue weighted by atomic mass is 16.5. The maximum absolute atomic E-state index is 5.58. The van der Waals surface area contributed by atoms with E-state index in [9.17, 15) is 0 Å². The number of hydrogen-bond acceptors (Lipinski definition) is 4. The van der Waals surface area contributed by atoms with E-state index in [1.54, 1.807) is 28.4 Å². The van der Waals surface area contributed by atoms with Crippen molar-refractivity contribution < 1.29 is 14.2 Å². The molecule has 0 radical (unpaired) electrons. The van der Waals surface area contributed by atoms with Crippen molar-refractivity contribution in [3.05, 3.63) is 59.7 Å². The van der Waals surface area contributed by atoms with E-state index in [2.05, 4.69) is 15.6 Å². The third-order valence-corrected chi connectivity index (χ3v) is 4.07. The van der Waals surface area contributed by atoms with Crippen molar-refractivity contribution in [3.63, 3.8) is 0 Å². The number of aliphatic imine (C=N–C) groups is 1. The number of guanidine groups is 1. The molecule has 0 saturated carbocycles. The first-order valence-electron chi connectivity index (χ1n) is 8.45. The lowest BCUT2D eigenvalue weighted by Crippen LogP contribution is -2.39. The zero-order chi connectivity index (χ0) is 18.8. The fourth-order valence-electron chi connectivity index (χ4n) is 2.59. The van der Waals surface area contributed by atoms with Crippen LogP contribution in [0.15, 0.2) is 53.5 Å². The van der Waals surface area contributed by atoms with E-state index in [0.29, 0.717) is 19.0 Å². The van der Waals surface area contributed by atoms with Gasteiger partial charge in [-0.15, -0.1) is 0 Å². The predicted molar refractivity (Wildman–Crippen MR) is 104 cm³/mol. The maximum Gasteiger partial charge on any atom is 0.191 e. The highest BCUT2D eigenvalue weighted by molar-refractivity contribution is 5.79. The zero-order valence-electron chi connectivity index (χ0n) is 15.8. The van der Waals surface area contributed by atoms with Crippen molar-refractivity contribution in [2.75, 3.05) is 34.9 Å². The Labute approximate surface area is 155 Å². The SMILES string of the molecule is CN=C(NCc1ccc(OC)cc1OC)NCC(OC)c1ccccc1. The van der Waals surface area contributed by atoms with Gasteiger partial charge in [-0.2, -0.15) is 0 Å². The van der Waals surface area contributed by atoms with E-state index in [1.165, 1.54) is 0 Å². The minimum Gasteiger partial charge on any atom is -0.497 e. The molecule has 0 fully saturated rings. The van der Waals surface area contributed by atoms with Crippen LogP contribution in [-0.4, -0.2) is 40.9 Å². The molecular weight excluding hydrogens is 330 g/mol. The van der Waals surface area contributed by atoms with Crippen LogP contribution in [0.3, 0.4) is 0 Å². The number of ether oxygens (including phenoxy) is 3. The van der Waals surface area contributed by atoms with Gasteiger partial charge in [0.05, 0.1) is 20.3 Å². The molecule has 0 aliphatic heterocycles. The van der Waals surface area contributed by atoms with Crippen molar-refractivity contribution in [3.8, 4) is 11.5 Å². The molecule has 0 spiro atoms. The lowest BCUT2D eigenvalue weighted by atomic mass is 10.1. The molecule has 0 saturated heterocycles. The van der Waals surface area contributed by atoms with E-state index in [-0.39, 0.29) is 6.10 Å². The number of methoxy groups -OCH3 is 3. The number of nitrogens with one attached hydrogen (secondary N) is 2. The minimum atomic E-state index is -0.0507. The van der Waals surface area contributed by atoms with Crippen molar-refractivity contribution >= 4 is 5.96 Å². The number of nitrogens with zero attached hydrogens (tertiary/aromatic N) is 1. The summed E-state index contributed by atoms with van der Waals surface area (Å²) in [5.74, 6) is 2.23. The van der Waals surface area contributed by atoms with E-state index < -0.39 is 0 Å². The Hall–Kier alpha value is -2.73. The van der Waals surface area contributed by atoms with Gasteiger partial charge >= 0.3 is 0 Å². The van der Waals surface area contributed by atoms with E-state index in [4.69, 9.17) is 14.2 Å². The average molecular weight is 357 g/mol. The summed E-state index contributed by atoms with van der Waals surface area (Å²) in [6.07, 6.45) is -0.0507. The molecule has 0 aliphatic rings. The standard InChI is InChI=1S/C20H27N3O3/c1-21-20(23-14-19(26-4)15-8-6-5-7-9-15)22-13-16-10-11-17(24-2)12-18(16)25-3/h5-12,19H,13-14H2,1-4H3,(H2,21,22,23). The Kier molecular flexibility index (Phi) is 7.76. The van der Waals surface area contributed by atoms with Gasteiger partial charge in [0.1, 0.15) is 11.5 Å². The molecule has 1 unspecified atom stereocenters. The third-order valence-electron chi connectivity index (χ3n) is 4.07. The Morgan fingerprint density at radius 3 is 2.38 bits per heavy atom. The van der Waals surface area contributed by atoms with Crippen molar-refractivity contribution in [2.24, 2.45) is 4.99 Å². The summed E-state index contributed by atoms with van der Waals surface area (Å²) in [7, 11) is 6.73. The van der Waals surface area contributed by atoms with Crippen LogP contribution in [0.1, 0.15) is 17.2 Å². The van der Waals surface area contributed by atoms with Crippen LogP contribution in [0.4, 0.5) is 0 Å². The second kappa shape index (κ2) is 10.3. The first-order valence-corrected chi connectivity index (χ1v) is 8.45. The highest BCUT2D eigenvalue weighted by Crippen LogP contribution is 2.24. The monoisotopic (exact) mass is 357 g/mol. The molecule has 140 valence electrons. The molecule has 2 N–H and O–H groups in total. The Balaban J connectivity index is 1.94.